The van der Waals surface area contributed by atoms with E-state index < -0.39 is 14.4 Å². The van der Waals surface area contributed by atoms with Gasteiger partial charge in [-0.3, -0.25) is 0 Å². The minimum absolute atomic E-state index is 0.0136. The van der Waals surface area contributed by atoms with E-state index in [0.717, 1.165) is 0 Å². The molecule has 1 aromatic rings. The zero-order valence-electron chi connectivity index (χ0n) is 6.72. The Morgan fingerprint density at radius 1 is 1.31 bits per heavy atom. The van der Waals surface area contributed by atoms with Crippen molar-refractivity contribution >= 4 is 34.1 Å². The third-order valence-corrected chi connectivity index (χ3v) is 5.10. The van der Waals surface area contributed by atoms with Crippen LogP contribution in [0, 0.1) is 0 Å². The summed E-state index contributed by atoms with van der Waals surface area (Å²) in [5.41, 5.74) is 0. The van der Waals surface area contributed by atoms with Crippen molar-refractivity contribution in [2.45, 2.75) is 9.48 Å². The van der Waals surface area contributed by atoms with E-state index >= 15 is 0 Å². The zero-order valence-corrected chi connectivity index (χ0v) is 9.19. The molecule has 0 saturated heterocycles. The first-order chi connectivity index (χ1) is 6.09. The molecule has 0 heterocycles. The molecule has 0 spiro atoms. The van der Waals surface area contributed by atoms with Crippen molar-refractivity contribution in [3.05, 3.63) is 30.3 Å². The molecule has 1 rings (SSSR count). The van der Waals surface area contributed by atoms with Crippen LogP contribution in [-0.2, 0) is 9.84 Å². The van der Waals surface area contributed by atoms with Gasteiger partial charge in [0.05, 0.1) is 4.90 Å². The van der Waals surface area contributed by atoms with Crippen molar-refractivity contribution < 1.29 is 8.42 Å². The Labute approximate surface area is 88.2 Å². The van der Waals surface area contributed by atoms with E-state index in [4.69, 9.17) is 11.6 Å². The van der Waals surface area contributed by atoms with Crippen LogP contribution < -0.4 is 0 Å². The Morgan fingerprint density at radius 3 is 2.31 bits per heavy atom. The fourth-order valence-electron chi connectivity index (χ4n) is 0.850. The Hall–Kier alpha value is -0.190. The van der Waals surface area contributed by atoms with Crippen LogP contribution in [0.15, 0.2) is 35.2 Å². The maximum Gasteiger partial charge on any atom is 0.191 e. The predicted molar refractivity (Wildman–Crippen MR) is 57.1 cm³/mol. The van der Waals surface area contributed by atoms with Crippen molar-refractivity contribution in [3.63, 3.8) is 0 Å². The molecule has 13 heavy (non-hydrogen) atoms. The lowest BCUT2D eigenvalue weighted by molar-refractivity contribution is 0.595. The van der Waals surface area contributed by atoms with E-state index in [0.29, 0.717) is 0 Å². The molecule has 0 radical (unpaired) electrons. The SMILES string of the molecule is O=S(=O)(c1ccccc1)C(S)CCl. The van der Waals surface area contributed by atoms with Gasteiger partial charge in [0.2, 0.25) is 0 Å². The molecule has 1 unspecified atom stereocenters. The maximum atomic E-state index is 11.6. The Balaban J connectivity index is 3.09. The van der Waals surface area contributed by atoms with Gasteiger partial charge in [-0.25, -0.2) is 8.42 Å². The van der Waals surface area contributed by atoms with Crippen molar-refractivity contribution in [2.24, 2.45) is 0 Å². The van der Waals surface area contributed by atoms with Crippen molar-refractivity contribution in [1.29, 1.82) is 0 Å². The van der Waals surface area contributed by atoms with Crippen molar-refractivity contribution in [1.82, 2.24) is 0 Å². The first kappa shape index (κ1) is 10.9. The molecule has 0 aromatic heterocycles. The molecule has 0 saturated carbocycles. The second kappa shape index (κ2) is 4.35. The molecule has 0 amide bonds. The summed E-state index contributed by atoms with van der Waals surface area (Å²) in [7, 11) is -3.36. The second-order valence-electron chi connectivity index (χ2n) is 2.47. The van der Waals surface area contributed by atoms with Gasteiger partial charge in [0.25, 0.3) is 0 Å². The molecule has 0 bridgehead atoms. The van der Waals surface area contributed by atoms with E-state index in [9.17, 15) is 8.42 Å². The molecule has 2 nitrogen and oxygen atoms in total. The number of hydrogen-bond acceptors (Lipinski definition) is 3. The summed E-state index contributed by atoms with van der Waals surface area (Å²) in [5, 5.41) is 0. The van der Waals surface area contributed by atoms with Crippen LogP contribution in [-0.4, -0.2) is 18.9 Å². The first-order valence-electron chi connectivity index (χ1n) is 3.62. The van der Waals surface area contributed by atoms with Gasteiger partial charge in [0.1, 0.15) is 4.58 Å². The third-order valence-electron chi connectivity index (χ3n) is 1.56. The summed E-state index contributed by atoms with van der Waals surface area (Å²) in [5.74, 6) is -0.0136. The standard InChI is InChI=1S/C8H9ClO2S2/c9-6-8(12)13(10,11)7-4-2-1-3-5-7/h1-5,8,12H,6H2. The normalized spacial score (nSPS) is 14.0. The van der Waals surface area contributed by atoms with Crippen LogP contribution in [0.25, 0.3) is 0 Å². The highest BCUT2D eigenvalue weighted by atomic mass is 35.5. The van der Waals surface area contributed by atoms with E-state index in [1.807, 2.05) is 0 Å². The Kier molecular flexibility index (Phi) is 3.64. The van der Waals surface area contributed by atoms with Gasteiger partial charge in [0.15, 0.2) is 9.84 Å². The van der Waals surface area contributed by atoms with E-state index in [1.165, 1.54) is 12.1 Å². The van der Waals surface area contributed by atoms with Crippen LogP contribution in [0.1, 0.15) is 0 Å². The molecule has 72 valence electrons. The highest BCUT2D eigenvalue weighted by molar-refractivity contribution is 8.05. The molecule has 0 N–H and O–H groups in total. The van der Waals surface area contributed by atoms with Crippen LogP contribution in [0.5, 0.6) is 0 Å². The topological polar surface area (TPSA) is 34.1 Å². The van der Waals surface area contributed by atoms with Gasteiger partial charge in [-0.1, -0.05) is 18.2 Å². The monoisotopic (exact) mass is 236 g/mol. The number of rotatable bonds is 3. The predicted octanol–water partition coefficient (Wildman–Crippen LogP) is 1.96. The molecule has 1 atom stereocenters. The molecular weight excluding hydrogens is 228 g/mol. The zero-order chi connectivity index (χ0) is 9.90. The minimum atomic E-state index is -3.36. The molecule has 1 aromatic carbocycles. The van der Waals surface area contributed by atoms with Gasteiger partial charge in [-0.2, -0.15) is 12.6 Å². The lowest BCUT2D eigenvalue weighted by Gasteiger charge is -2.08. The number of thiol groups is 1. The van der Waals surface area contributed by atoms with Gasteiger partial charge in [-0.05, 0) is 12.1 Å². The molecule has 0 aliphatic heterocycles. The fourth-order valence-corrected chi connectivity index (χ4v) is 2.73. The molecular formula is C8H9ClO2S2. The first-order valence-corrected chi connectivity index (χ1v) is 6.21. The fraction of sp³-hybridized carbons (Fsp3) is 0.250. The lowest BCUT2D eigenvalue weighted by atomic mass is 10.4. The molecule has 0 aliphatic carbocycles. The summed E-state index contributed by atoms with van der Waals surface area (Å²) in [4.78, 5) is 0.260. The van der Waals surface area contributed by atoms with Gasteiger partial charge in [0, 0.05) is 5.88 Å². The molecule has 5 heteroatoms. The van der Waals surface area contributed by atoms with E-state index in [1.54, 1.807) is 18.2 Å². The Morgan fingerprint density at radius 2 is 1.85 bits per heavy atom. The summed E-state index contributed by atoms with van der Waals surface area (Å²) >= 11 is 9.33. The van der Waals surface area contributed by atoms with E-state index in [-0.39, 0.29) is 10.8 Å². The molecule has 0 fully saturated rings. The maximum absolute atomic E-state index is 11.6. The average Bonchev–Trinajstić information content (AvgIpc) is 2.18. The summed E-state index contributed by atoms with van der Waals surface area (Å²) < 4.78 is 22.4. The Bertz CT molecular complexity index is 361. The highest BCUT2D eigenvalue weighted by Crippen LogP contribution is 2.18. The highest BCUT2D eigenvalue weighted by Gasteiger charge is 2.22. The summed E-state index contributed by atoms with van der Waals surface area (Å²) in [6, 6.07) is 8.16. The van der Waals surface area contributed by atoms with Crippen LogP contribution >= 0.6 is 24.2 Å². The van der Waals surface area contributed by atoms with Crippen LogP contribution in [0.4, 0.5) is 0 Å². The molecule has 0 aliphatic rings. The quantitative estimate of drug-likeness (QED) is 0.643. The number of sulfone groups is 1. The number of hydrogen-bond donors (Lipinski definition) is 1. The average molecular weight is 237 g/mol. The van der Waals surface area contributed by atoms with E-state index in [2.05, 4.69) is 12.6 Å². The van der Waals surface area contributed by atoms with Gasteiger partial charge < -0.3 is 0 Å². The number of benzene rings is 1. The largest absolute Gasteiger partial charge is 0.223 e. The van der Waals surface area contributed by atoms with Gasteiger partial charge in [-0.15, -0.1) is 11.6 Å². The smallest absolute Gasteiger partial charge is 0.191 e. The summed E-state index contributed by atoms with van der Waals surface area (Å²) in [6.45, 7) is 0. The third kappa shape index (κ3) is 2.39. The van der Waals surface area contributed by atoms with Crippen molar-refractivity contribution in [3.8, 4) is 0 Å². The van der Waals surface area contributed by atoms with Gasteiger partial charge >= 0.3 is 0 Å². The van der Waals surface area contributed by atoms with Crippen LogP contribution in [0.2, 0.25) is 0 Å². The van der Waals surface area contributed by atoms with Crippen LogP contribution in [0.3, 0.4) is 0 Å². The number of halogens is 1. The van der Waals surface area contributed by atoms with Crippen molar-refractivity contribution in [2.75, 3.05) is 5.88 Å². The summed E-state index contributed by atoms with van der Waals surface area (Å²) in [6.07, 6.45) is 0. The lowest BCUT2D eigenvalue weighted by Crippen LogP contribution is -2.16. The minimum Gasteiger partial charge on any atom is -0.223 e. The number of alkyl halides is 1. The second-order valence-corrected chi connectivity index (χ2v) is 5.88.